The zero-order valence-corrected chi connectivity index (χ0v) is 12.4. The quantitative estimate of drug-likeness (QED) is 0.840. The van der Waals surface area contributed by atoms with Gasteiger partial charge in [-0.25, -0.2) is 9.67 Å². The average molecular weight is 280 g/mol. The van der Waals surface area contributed by atoms with Gasteiger partial charge in [0.1, 0.15) is 12.2 Å². The number of hydrogen-bond donors (Lipinski definition) is 1. The molecule has 2 aromatic rings. The van der Waals surface area contributed by atoms with Gasteiger partial charge in [0.25, 0.3) is 0 Å². The fourth-order valence-corrected chi connectivity index (χ4v) is 2.43. The predicted octanol–water partition coefficient (Wildman–Crippen LogP) is 1.99. The minimum atomic E-state index is 0.153. The van der Waals surface area contributed by atoms with Crippen LogP contribution in [0.2, 0.25) is 0 Å². The lowest BCUT2D eigenvalue weighted by Crippen LogP contribution is -2.26. The van der Waals surface area contributed by atoms with Crippen molar-refractivity contribution in [3.05, 3.63) is 24.0 Å². The third-order valence-corrected chi connectivity index (χ3v) is 3.39. The van der Waals surface area contributed by atoms with E-state index in [2.05, 4.69) is 44.9 Å². The van der Waals surface area contributed by atoms with Crippen LogP contribution in [0, 0.1) is 0 Å². The monoisotopic (exact) mass is 280 g/mol. The summed E-state index contributed by atoms with van der Waals surface area (Å²) >= 11 is 1.24. The van der Waals surface area contributed by atoms with Crippen molar-refractivity contribution in [3.8, 4) is 0 Å². The Bertz CT molecular complexity index is 478. The van der Waals surface area contributed by atoms with Crippen molar-refractivity contribution in [2.75, 3.05) is 6.54 Å². The highest BCUT2D eigenvalue weighted by atomic mass is 32.1. The molecule has 104 valence electrons. The molecule has 0 saturated carbocycles. The minimum Gasteiger partial charge on any atom is -0.308 e. The molecule has 1 atom stereocenters. The molecule has 0 amide bonds. The second-order valence-electron chi connectivity index (χ2n) is 4.76. The van der Waals surface area contributed by atoms with Crippen molar-refractivity contribution in [2.24, 2.45) is 0 Å². The summed E-state index contributed by atoms with van der Waals surface area (Å²) in [6, 6.07) is 0.471. The van der Waals surface area contributed by atoms with E-state index < -0.39 is 0 Å². The Balaban J connectivity index is 2.13. The standard InChI is InChI=1S/C12H20N6S/c1-4-5-13-10(11-7-16-19-17-11)6-12-14-8-15-18(12)9(2)3/h7-10,13H,4-6H2,1-3H3. The largest absolute Gasteiger partial charge is 0.308 e. The molecule has 0 radical (unpaired) electrons. The molecule has 0 aromatic carbocycles. The Morgan fingerprint density at radius 1 is 1.42 bits per heavy atom. The second kappa shape index (κ2) is 6.72. The van der Waals surface area contributed by atoms with E-state index >= 15 is 0 Å². The van der Waals surface area contributed by atoms with Crippen LogP contribution in [0.1, 0.15) is 50.8 Å². The van der Waals surface area contributed by atoms with Gasteiger partial charge in [0, 0.05) is 12.5 Å². The molecular formula is C12H20N6S. The van der Waals surface area contributed by atoms with Gasteiger partial charge in [0.2, 0.25) is 0 Å². The first-order valence-electron chi connectivity index (χ1n) is 6.61. The smallest absolute Gasteiger partial charge is 0.138 e. The molecule has 1 N–H and O–H groups in total. The molecule has 0 aliphatic carbocycles. The summed E-state index contributed by atoms with van der Waals surface area (Å²) in [6.45, 7) is 7.33. The molecule has 0 aliphatic heterocycles. The maximum absolute atomic E-state index is 4.36. The molecule has 0 saturated heterocycles. The van der Waals surface area contributed by atoms with E-state index in [0.717, 1.165) is 30.9 Å². The van der Waals surface area contributed by atoms with Gasteiger partial charge < -0.3 is 5.32 Å². The lowest BCUT2D eigenvalue weighted by Gasteiger charge is -2.17. The van der Waals surface area contributed by atoms with E-state index in [1.807, 2.05) is 10.9 Å². The Kier molecular flexibility index (Phi) is 4.98. The lowest BCUT2D eigenvalue weighted by atomic mass is 10.1. The van der Waals surface area contributed by atoms with Crippen molar-refractivity contribution in [3.63, 3.8) is 0 Å². The summed E-state index contributed by atoms with van der Waals surface area (Å²) in [5.74, 6) is 0.983. The maximum atomic E-state index is 4.36. The predicted molar refractivity (Wildman–Crippen MR) is 75.1 cm³/mol. The summed E-state index contributed by atoms with van der Waals surface area (Å²) in [4.78, 5) is 4.36. The summed E-state index contributed by atoms with van der Waals surface area (Å²) in [5, 5.41) is 7.77. The number of hydrogen-bond acceptors (Lipinski definition) is 6. The lowest BCUT2D eigenvalue weighted by molar-refractivity contribution is 0.459. The van der Waals surface area contributed by atoms with Gasteiger partial charge in [0.15, 0.2) is 0 Å². The molecule has 19 heavy (non-hydrogen) atoms. The van der Waals surface area contributed by atoms with Crippen LogP contribution in [0.15, 0.2) is 12.5 Å². The van der Waals surface area contributed by atoms with Crippen molar-refractivity contribution < 1.29 is 0 Å². The fourth-order valence-electron chi connectivity index (χ4n) is 1.96. The highest BCUT2D eigenvalue weighted by molar-refractivity contribution is 6.99. The van der Waals surface area contributed by atoms with E-state index in [-0.39, 0.29) is 6.04 Å². The van der Waals surface area contributed by atoms with Crippen LogP contribution in [0.25, 0.3) is 0 Å². The van der Waals surface area contributed by atoms with Crippen LogP contribution in [0.3, 0.4) is 0 Å². The Morgan fingerprint density at radius 3 is 2.89 bits per heavy atom. The number of nitrogens with zero attached hydrogens (tertiary/aromatic N) is 5. The van der Waals surface area contributed by atoms with E-state index in [4.69, 9.17) is 0 Å². The average Bonchev–Trinajstić information content (AvgIpc) is 3.04. The SMILES string of the molecule is CCCNC(Cc1ncnn1C(C)C)c1cnsn1. The minimum absolute atomic E-state index is 0.153. The van der Waals surface area contributed by atoms with Gasteiger partial charge in [0.05, 0.1) is 29.7 Å². The van der Waals surface area contributed by atoms with E-state index in [9.17, 15) is 0 Å². The van der Waals surface area contributed by atoms with E-state index in [1.165, 1.54) is 11.7 Å². The molecule has 2 aromatic heterocycles. The number of aromatic nitrogens is 5. The number of nitrogens with one attached hydrogen (secondary N) is 1. The van der Waals surface area contributed by atoms with Crippen LogP contribution < -0.4 is 5.32 Å². The Hall–Kier alpha value is -1.34. The zero-order valence-electron chi connectivity index (χ0n) is 11.6. The first kappa shape index (κ1) is 14.1. The zero-order chi connectivity index (χ0) is 13.7. The van der Waals surface area contributed by atoms with Crippen LogP contribution in [-0.2, 0) is 6.42 Å². The van der Waals surface area contributed by atoms with Gasteiger partial charge >= 0.3 is 0 Å². The van der Waals surface area contributed by atoms with Gasteiger partial charge in [-0.3, -0.25) is 0 Å². The molecule has 6 nitrogen and oxygen atoms in total. The molecule has 1 unspecified atom stereocenters. The molecule has 0 aliphatic rings. The molecule has 0 spiro atoms. The summed E-state index contributed by atoms with van der Waals surface area (Å²) < 4.78 is 10.4. The molecule has 2 rings (SSSR count). The van der Waals surface area contributed by atoms with E-state index in [0.29, 0.717) is 6.04 Å². The van der Waals surface area contributed by atoms with Crippen LogP contribution in [0.5, 0.6) is 0 Å². The Labute approximate surface area is 117 Å². The van der Waals surface area contributed by atoms with Crippen molar-refractivity contribution in [1.29, 1.82) is 0 Å². The third kappa shape index (κ3) is 3.57. The highest BCUT2D eigenvalue weighted by Gasteiger charge is 2.18. The molecule has 0 bridgehead atoms. The first-order valence-corrected chi connectivity index (χ1v) is 7.34. The van der Waals surface area contributed by atoms with Crippen molar-refractivity contribution >= 4 is 11.7 Å². The van der Waals surface area contributed by atoms with Crippen molar-refractivity contribution in [2.45, 2.75) is 45.7 Å². The molecule has 2 heterocycles. The fraction of sp³-hybridized carbons (Fsp3) is 0.667. The normalized spacial score (nSPS) is 13.1. The van der Waals surface area contributed by atoms with Gasteiger partial charge in [-0.1, -0.05) is 6.92 Å². The Morgan fingerprint density at radius 2 is 2.26 bits per heavy atom. The van der Waals surface area contributed by atoms with Gasteiger partial charge in [-0.15, -0.1) is 0 Å². The topological polar surface area (TPSA) is 68.5 Å². The number of rotatable bonds is 7. The van der Waals surface area contributed by atoms with Crippen LogP contribution in [-0.4, -0.2) is 30.1 Å². The second-order valence-corrected chi connectivity index (χ2v) is 5.31. The molecule has 0 fully saturated rings. The molecular weight excluding hydrogens is 260 g/mol. The molecule has 7 heteroatoms. The van der Waals surface area contributed by atoms with Crippen LogP contribution >= 0.6 is 11.7 Å². The first-order chi connectivity index (χ1) is 9.22. The van der Waals surface area contributed by atoms with E-state index in [1.54, 1.807) is 6.33 Å². The summed E-state index contributed by atoms with van der Waals surface area (Å²) in [7, 11) is 0. The van der Waals surface area contributed by atoms with Crippen molar-refractivity contribution in [1.82, 2.24) is 28.8 Å². The summed E-state index contributed by atoms with van der Waals surface area (Å²) in [5.41, 5.74) is 0.983. The van der Waals surface area contributed by atoms with Crippen LogP contribution in [0.4, 0.5) is 0 Å². The highest BCUT2D eigenvalue weighted by Crippen LogP contribution is 2.17. The summed E-state index contributed by atoms with van der Waals surface area (Å²) in [6.07, 6.45) is 5.31. The van der Waals surface area contributed by atoms with Gasteiger partial charge in [-0.05, 0) is 26.8 Å². The third-order valence-electron chi connectivity index (χ3n) is 2.90. The van der Waals surface area contributed by atoms with Gasteiger partial charge in [-0.2, -0.15) is 13.8 Å². The maximum Gasteiger partial charge on any atom is 0.138 e.